The van der Waals surface area contributed by atoms with Gasteiger partial charge in [-0.25, -0.2) is 14.2 Å². The molecule has 5 nitrogen and oxygen atoms in total. The lowest BCUT2D eigenvalue weighted by molar-refractivity contribution is 0.150. The van der Waals surface area contributed by atoms with E-state index in [9.17, 15) is 9.18 Å². The minimum atomic E-state index is -0.921. The lowest BCUT2D eigenvalue weighted by atomic mass is 9.99. The minimum Gasteiger partial charge on any atom is -0.465 e. The van der Waals surface area contributed by atoms with Crippen molar-refractivity contribution in [3.05, 3.63) is 70.3 Å². The molecule has 0 spiro atoms. The summed E-state index contributed by atoms with van der Waals surface area (Å²) in [5, 5.41) is 9.42. The van der Waals surface area contributed by atoms with Gasteiger partial charge in [-0.2, -0.15) is 0 Å². The van der Waals surface area contributed by atoms with Gasteiger partial charge in [0.15, 0.2) is 11.5 Å². The monoisotopic (exact) mass is 386 g/mol. The van der Waals surface area contributed by atoms with Crippen molar-refractivity contribution in [2.45, 2.75) is 12.8 Å². The molecule has 0 fully saturated rings. The summed E-state index contributed by atoms with van der Waals surface area (Å²) >= 11 is 5.80. The summed E-state index contributed by atoms with van der Waals surface area (Å²) in [5.41, 5.74) is 3.71. The number of aromatic nitrogens is 1. The molecule has 1 aromatic heterocycles. The summed E-state index contributed by atoms with van der Waals surface area (Å²) in [6.45, 7) is 0.784. The van der Waals surface area contributed by atoms with Crippen molar-refractivity contribution < 1.29 is 18.7 Å². The lowest BCUT2D eigenvalue weighted by Crippen LogP contribution is -2.33. The van der Waals surface area contributed by atoms with E-state index < -0.39 is 11.9 Å². The zero-order valence-corrected chi connectivity index (χ0v) is 15.0. The summed E-state index contributed by atoms with van der Waals surface area (Å²) in [6, 6.07) is 10.2. The Kier molecular flexibility index (Phi) is 4.58. The Morgan fingerprint density at radius 1 is 1.33 bits per heavy atom. The molecule has 0 aliphatic carbocycles. The second-order valence-corrected chi connectivity index (χ2v) is 6.82. The number of halogens is 2. The molecule has 4 rings (SSSR count). The van der Waals surface area contributed by atoms with Gasteiger partial charge in [-0.05, 0) is 35.8 Å². The highest BCUT2D eigenvalue weighted by molar-refractivity contribution is 6.30. The van der Waals surface area contributed by atoms with Crippen molar-refractivity contribution in [1.82, 2.24) is 9.88 Å². The quantitative estimate of drug-likeness (QED) is 0.689. The highest BCUT2D eigenvalue weighted by Crippen LogP contribution is 2.30. The fraction of sp³-hybridized carbons (Fsp3) is 0.200. The van der Waals surface area contributed by atoms with Crippen molar-refractivity contribution in [2.75, 3.05) is 13.1 Å². The number of oxazole rings is 1. The van der Waals surface area contributed by atoms with Gasteiger partial charge in [0.2, 0.25) is 0 Å². The first-order chi connectivity index (χ1) is 13.0. The van der Waals surface area contributed by atoms with Crippen molar-refractivity contribution in [3.8, 4) is 0 Å². The van der Waals surface area contributed by atoms with E-state index in [2.05, 4.69) is 4.98 Å². The van der Waals surface area contributed by atoms with Crippen LogP contribution in [0, 0.1) is 5.82 Å². The Balaban J connectivity index is 1.65. The van der Waals surface area contributed by atoms with Crippen molar-refractivity contribution in [1.29, 1.82) is 0 Å². The molecule has 1 aliphatic rings. The molecule has 1 amide bonds. The van der Waals surface area contributed by atoms with Crippen LogP contribution in [0.3, 0.4) is 0 Å². The zero-order chi connectivity index (χ0) is 19.0. The fourth-order valence-corrected chi connectivity index (χ4v) is 3.40. The zero-order valence-electron chi connectivity index (χ0n) is 14.3. The Bertz CT molecular complexity index is 1060. The second kappa shape index (κ2) is 7.04. The maximum atomic E-state index is 14.0. The molecule has 7 heteroatoms. The number of carboxylic acid groups (broad SMARTS) is 1. The van der Waals surface area contributed by atoms with Crippen LogP contribution in [0.15, 0.2) is 46.9 Å². The molecule has 0 saturated heterocycles. The van der Waals surface area contributed by atoms with Crippen LogP contribution in [-0.4, -0.2) is 34.2 Å². The Labute approximate surface area is 159 Å². The Morgan fingerprint density at radius 2 is 2.19 bits per heavy atom. The van der Waals surface area contributed by atoms with Crippen LogP contribution >= 0.6 is 11.6 Å². The number of para-hydroxylation sites is 1. The maximum Gasteiger partial charge on any atom is 0.407 e. The summed E-state index contributed by atoms with van der Waals surface area (Å²) in [6.07, 6.45) is 1.80. The van der Waals surface area contributed by atoms with Gasteiger partial charge in [0.1, 0.15) is 11.3 Å². The summed E-state index contributed by atoms with van der Waals surface area (Å²) in [7, 11) is 0. The predicted molar refractivity (Wildman–Crippen MR) is 100 cm³/mol. The Morgan fingerprint density at radius 3 is 2.89 bits per heavy atom. The van der Waals surface area contributed by atoms with E-state index in [-0.39, 0.29) is 6.42 Å². The smallest absolute Gasteiger partial charge is 0.407 e. The standard InChI is InChI=1S/C20H16ClFN2O3/c21-14-5-4-13(16(22)11-14)10-18-23-17-3-1-2-15(19(17)27-18)12-6-8-24(9-7-12)20(25)26/h1-6,11H,7-10H2,(H,25,26). The van der Waals surface area contributed by atoms with E-state index in [4.69, 9.17) is 21.1 Å². The molecule has 1 aliphatic heterocycles. The molecule has 0 unspecified atom stereocenters. The summed E-state index contributed by atoms with van der Waals surface area (Å²) < 4.78 is 20.0. The third-order valence-corrected chi connectivity index (χ3v) is 4.88. The van der Waals surface area contributed by atoms with Gasteiger partial charge in [-0.1, -0.05) is 35.9 Å². The second-order valence-electron chi connectivity index (χ2n) is 6.38. The molecular formula is C20H16ClFN2O3. The Hall–Kier alpha value is -2.86. The van der Waals surface area contributed by atoms with E-state index in [0.29, 0.717) is 47.1 Å². The van der Waals surface area contributed by atoms with Crippen LogP contribution in [0.4, 0.5) is 9.18 Å². The normalized spacial score (nSPS) is 14.4. The van der Waals surface area contributed by atoms with E-state index >= 15 is 0 Å². The number of benzene rings is 2. The molecule has 1 N–H and O–H groups in total. The van der Waals surface area contributed by atoms with Gasteiger partial charge in [-0.3, -0.25) is 0 Å². The van der Waals surface area contributed by atoms with Crippen LogP contribution in [0.5, 0.6) is 0 Å². The third-order valence-electron chi connectivity index (χ3n) is 4.64. The van der Waals surface area contributed by atoms with Crippen LogP contribution in [0.25, 0.3) is 16.7 Å². The molecule has 2 aromatic carbocycles. The molecule has 2 heterocycles. The summed E-state index contributed by atoms with van der Waals surface area (Å²) in [5.74, 6) is 0.0241. The van der Waals surface area contributed by atoms with Crippen molar-refractivity contribution in [3.63, 3.8) is 0 Å². The number of fused-ring (bicyclic) bond motifs is 1. The van der Waals surface area contributed by atoms with Crippen LogP contribution < -0.4 is 0 Å². The maximum absolute atomic E-state index is 14.0. The molecule has 0 bridgehead atoms. The number of nitrogens with zero attached hydrogens (tertiary/aromatic N) is 2. The molecule has 0 atom stereocenters. The van der Waals surface area contributed by atoms with E-state index in [1.807, 2.05) is 24.3 Å². The van der Waals surface area contributed by atoms with E-state index in [1.54, 1.807) is 12.1 Å². The fourth-order valence-electron chi connectivity index (χ4n) is 3.24. The average Bonchev–Trinajstić information content (AvgIpc) is 3.06. The van der Waals surface area contributed by atoms with Crippen LogP contribution in [0.2, 0.25) is 5.02 Å². The molecule has 138 valence electrons. The molecular weight excluding hydrogens is 371 g/mol. The first kappa shape index (κ1) is 17.5. The molecule has 3 aromatic rings. The van der Waals surface area contributed by atoms with E-state index in [0.717, 1.165) is 11.1 Å². The first-order valence-corrected chi connectivity index (χ1v) is 8.88. The largest absolute Gasteiger partial charge is 0.465 e. The van der Waals surface area contributed by atoms with Gasteiger partial charge in [-0.15, -0.1) is 0 Å². The number of hydrogen-bond acceptors (Lipinski definition) is 3. The summed E-state index contributed by atoms with van der Waals surface area (Å²) in [4.78, 5) is 16.9. The van der Waals surface area contributed by atoms with Gasteiger partial charge in [0, 0.05) is 23.7 Å². The van der Waals surface area contributed by atoms with Gasteiger partial charge >= 0.3 is 6.09 Å². The number of carbonyl (C=O) groups is 1. The molecule has 0 radical (unpaired) electrons. The SMILES string of the molecule is O=C(O)N1CC=C(c2cccc3nc(Cc4ccc(Cl)cc4F)oc23)CC1. The highest BCUT2D eigenvalue weighted by atomic mass is 35.5. The lowest BCUT2D eigenvalue weighted by Gasteiger charge is -2.23. The number of hydrogen-bond donors (Lipinski definition) is 1. The minimum absolute atomic E-state index is 0.225. The number of rotatable bonds is 3. The number of amides is 1. The van der Waals surface area contributed by atoms with Crippen LogP contribution in [-0.2, 0) is 6.42 Å². The highest BCUT2D eigenvalue weighted by Gasteiger charge is 2.20. The predicted octanol–water partition coefficient (Wildman–Crippen LogP) is 4.98. The topological polar surface area (TPSA) is 66.6 Å². The van der Waals surface area contributed by atoms with E-state index in [1.165, 1.54) is 11.0 Å². The van der Waals surface area contributed by atoms with Gasteiger partial charge in [0.25, 0.3) is 0 Å². The first-order valence-electron chi connectivity index (χ1n) is 8.51. The molecule has 0 saturated carbocycles. The molecule has 27 heavy (non-hydrogen) atoms. The van der Waals surface area contributed by atoms with Crippen molar-refractivity contribution in [2.24, 2.45) is 0 Å². The van der Waals surface area contributed by atoms with Crippen LogP contribution in [0.1, 0.15) is 23.4 Å². The average molecular weight is 387 g/mol. The van der Waals surface area contributed by atoms with Crippen molar-refractivity contribution >= 4 is 34.4 Å². The van der Waals surface area contributed by atoms with Gasteiger partial charge in [0.05, 0.1) is 6.42 Å². The third kappa shape index (κ3) is 3.53. The van der Waals surface area contributed by atoms with Gasteiger partial charge < -0.3 is 14.4 Å².